The fraction of sp³-hybridized carbons (Fsp3) is 0.429. The van der Waals surface area contributed by atoms with Gasteiger partial charge in [-0.15, -0.1) is 0 Å². The molecule has 1 saturated heterocycles. The summed E-state index contributed by atoms with van der Waals surface area (Å²) in [5, 5.41) is 20.9. The Morgan fingerprint density at radius 3 is 3.00 bits per heavy atom. The first kappa shape index (κ1) is 14.8. The maximum atomic E-state index is 11.9. The van der Waals surface area contributed by atoms with E-state index in [1.54, 1.807) is 18.2 Å². The summed E-state index contributed by atoms with van der Waals surface area (Å²) in [7, 11) is 0. The third-order valence-corrected chi connectivity index (χ3v) is 3.68. The Kier molecular flexibility index (Phi) is 4.96. The first-order valence-corrected chi connectivity index (χ1v) is 6.83. The predicted octanol–water partition coefficient (Wildman–Crippen LogP) is 1.46. The Bertz CT molecular complexity index is 542. The summed E-state index contributed by atoms with van der Waals surface area (Å²) in [4.78, 5) is 13.9. The van der Waals surface area contributed by atoms with Crippen LogP contribution in [0.2, 0.25) is 5.02 Å². The van der Waals surface area contributed by atoms with Gasteiger partial charge in [0.2, 0.25) is 5.91 Å². The van der Waals surface area contributed by atoms with Crippen LogP contribution in [0.1, 0.15) is 12.0 Å². The molecule has 1 fully saturated rings. The Hall–Kier alpha value is -1.61. The number of hydrogen-bond acceptors (Lipinski definition) is 4. The van der Waals surface area contributed by atoms with Crippen LogP contribution in [-0.4, -0.2) is 42.2 Å². The lowest BCUT2D eigenvalue weighted by molar-refractivity contribution is -0.117. The Balaban J connectivity index is 1.89. The SMILES string of the molecule is N#Cc1ccc(NC(=O)CN2CCC(CO)C2)cc1Cl. The summed E-state index contributed by atoms with van der Waals surface area (Å²) >= 11 is 5.91. The quantitative estimate of drug-likeness (QED) is 0.881. The van der Waals surface area contributed by atoms with E-state index in [1.807, 2.05) is 11.0 Å². The highest BCUT2D eigenvalue weighted by Crippen LogP contribution is 2.20. The fourth-order valence-electron chi connectivity index (χ4n) is 2.29. The van der Waals surface area contributed by atoms with Crippen molar-refractivity contribution in [1.82, 2.24) is 4.90 Å². The topological polar surface area (TPSA) is 76.4 Å². The zero-order valence-corrected chi connectivity index (χ0v) is 11.7. The van der Waals surface area contributed by atoms with Crippen LogP contribution in [0, 0.1) is 17.2 Å². The number of aliphatic hydroxyl groups is 1. The van der Waals surface area contributed by atoms with E-state index in [4.69, 9.17) is 22.0 Å². The van der Waals surface area contributed by atoms with Gasteiger partial charge in [-0.2, -0.15) is 5.26 Å². The van der Waals surface area contributed by atoms with Gasteiger partial charge < -0.3 is 10.4 Å². The third kappa shape index (κ3) is 3.70. The minimum Gasteiger partial charge on any atom is -0.396 e. The number of amides is 1. The molecule has 1 aliphatic rings. The molecule has 0 saturated carbocycles. The molecule has 1 amide bonds. The molecular formula is C14H16ClN3O2. The largest absolute Gasteiger partial charge is 0.396 e. The number of rotatable bonds is 4. The molecule has 0 aliphatic carbocycles. The number of nitriles is 1. The molecule has 0 radical (unpaired) electrons. The molecule has 106 valence electrons. The lowest BCUT2D eigenvalue weighted by Crippen LogP contribution is -2.31. The van der Waals surface area contributed by atoms with Crippen molar-refractivity contribution in [3.63, 3.8) is 0 Å². The molecule has 0 bridgehead atoms. The highest BCUT2D eigenvalue weighted by Gasteiger charge is 2.23. The predicted molar refractivity (Wildman–Crippen MR) is 76.4 cm³/mol. The minimum absolute atomic E-state index is 0.121. The van der Waals surface area contributed by atoms with Gasteiger partial charge in [-0.1, -0.05) is 11.6 Å². The number of nitrogens with one attached hydrogen (secondary N) is 1. The minimum atomic E-state index is -0.121. The molecule has 2 N–H and O–H groups in total. The molecule has 1 aromatic rings. The molecule has 1 aromatic carbocycles. The summed E-state index contributed by atoms with van der Waals surface area (Å²) in [5.74, 6) is 0.150. The van der Waals surface area contributed by atoms with Crippen molar-refractivity contribution in [2.45, 2.75) is 6.42 Å². The second-order valence-electron chi connectivity index (χ2n) is 4.93. The van der Waals surface area contributed by atoms with Crippen LogP contribution in [0.15, 0.2) is 18.2 Å². The van der Waals surface area contributed by atoms with Crippen molar-refractivity contribution in [2.24, 2.45) is 5.92 Å². The van der Waals surface area contributed by atoms with Crippen LogP contribution in [0.4, 0.5) is 5.69 Å². The van der Waals surface area contributed by atoms with Gasteiger partial charge in [0.15, 0.2) is 0 Å². The van der Waals surface area contributed by atoms with Gasteiger partial charge in [-0.05, 0) is 37.1 Å². The Morgan fingerprint density at radius 2 is 2.40 bits per heavy atom. The van der Waals surface area contributed by atoms with E-state index in [1.165, 1.54) is 0 Å². The zero-order chi connectivity index (χ0) is 14.5. The highest BCUT2D eigenvalue weighted by molar-refractivity contribution is 6.32. The fourth-order valence-corrected chi connectivity index (χ4v) is 2.52. The van der Waals surface area contributed by atoms with Crippen LogP contribution in [0.3, 0.4) is 0 Å². The van der Waals surface area contributed by atoms with Crippen molar-refractivity contribution < 1.29 is 9.90 Å². The van der Waals surface area contributed by atoms with E-state index in [9.17, 15) is 4.79 Å². The highest BCUT2D eigenvalue weighted by atomic mass is 35.5. The van der Waals surface area contributed by atoms with Crippen molar-refractivity contribution in [3.05, 3.63) is 28.8 Å². The molecule has 1 aliphatic heterocycles. The molecule has 2 rings (SSSR count). The van der Waals surface area contributed by atoms with Crippen molar-refractivity contribution in [2.75, 3.05) is 31.6 Å². The van der Waals surface area contributed by atoms with Crippen LogP contribution >= 0.6 is 11.6 Å². The normalized spacial score (nSPS) is 18.8. The molecular weight excluding hydrogens is 278 g/mol. The van der Waals surface area contributed by atoms with Gasteiger partial charge in [-0.3, -0.25) is 9.69 Å². The maximum Gasteiger partial charge on any atom is 0.238 e. The van der Waals surface area contributed by atoms with Crippen LogP contribution in [0.25, 0.3) is 0 Å². The van der Waals surface area contributed by atoms with Crippen molar-refractivity contribution >= 4 is 23.2 Å². The first-order chi connectivity index (χ1) is 9.62. The average molecular weight is 294 g/mol. The smallest absolute Gasteiger partial charge is 0.238 e. The molecule has 6 heteroatoms. The summed E-state index contributed by atoms with van der Waals surface area (Å²) in [6.07, 6.45) is 0.923. The van der Waals surface area contributed by atoms with E-state index >= 15 is 0 Å². The van der Waals surface area contributed by atoms with Gasteiger partial charge in [-0.25, -0.2) is 0 Å². The first-order valence-electron chi connectivity index (χ1n) is 6.45. The van der Waals surface area contributed by atoms with Gasteiger partial charge >= 0.3 is 0 Å². The van der Waals surface area contributed by atoms with Gasteiger partial charge in [0.25, 0.3) is 0 Å². The van der Waals surface area contributed by atoms with E-state index in [0.717, 1.165) is 19.5 Å². The van der Waals surface area contributed by atoms with E-state index < -0.39 is 0 Å². The molecule has 20 heavy (non-hydrogen) atoms. The number of carbonyl (C=O) groups excluding carboxylic acids is 1. The summed E-state index contributed by atoms with van der Waals surface area (Å²) in [6, 6.07) is 6.77. The standard InChI is InChI=1S/C14H16ClN3O2/c15-13-5-12(2-1-11(13)6-16)17-14(20)8-18-4-3-10(7-18)9-19/h1-2,5,10,19H,3-4,7-9H2,(H,17,20). The Morgan fingerprint density at radius 1 is 1.60 bits per heavy atom. The van der Waals surface area contributed by atoms with E-state index in [0.29, 0.717) is 22.8 Å². The van der Waals surface area contributed by atoms with Crippen molar-refractivity contribution in [3.8, 4) is 6.07 Å². The van der Waals surface area contributed by atoms with Crippen LogP contribution in [0.5, 0.6) is 0 Å². The lowest BCUT2D eigenvalue weighted by Gasteiger charge is -2.15. The number of halogens is 1. The molecule has 0 spiro atoms. The third-order valence-electron chi connectivity index (χ3n) is 3.37. The molecule has 1 heterocycles. The molecule has 0 aromatic heterocycles. The second-order valence-corrected chi connectivity index (χ2v) is 5.33. The van der Waals surface area contributed by atoms with Gasteiger partial charge in [0.1, 0.15) is 6.07 Å². The summed E-state index contributed by atoms with van der Waals surface area (Å²) in [6.45, 7) is 2.04. The van der Waals surface area contributed by atoms with E-state index in [-0.39, 0.29) is 18.4 Å². The number of aliphatic hydroxyl groups excluding tert-OH is 1. The molecule has 1 unspecified atom stereocenters. The Labute approximate surface area is 122 Å². The number of nitrogens with zero attached hydrogens (tertiary/aromatic N) is 2. The molecule has 1 atom stereocenters. The second kappa shape index (κ2) is 6.71. The average Bonchev–Trinajstić information content (AvgIpc) is 2.86. The summed E-state index contributed by atoms with van der Waals surface area (Å²) < 4.78 is 0. The molecule has 5 nitrogen and oxygen atoms in total. The van der Waals surface area contributed by atoms with Crippen molar-refractivity contribution in [1.29, 1.82) is 5.26 Å². The number of benzene rings is 1. The van der Waals surface area contributed by atoms with E-state index in [2.05, 4.69) is 5.32 Å². The lowest BCUT2D eigenvalue weighted by atomic mass is 10.1. The van der Waals surface area contributed by atoms with Gasteiger partial charge in [0, 0.05) is 18.8 Å². The monoisotopic (exact) mass is 293 g/mol. The zero-order valence-electron chi connectivity index (χ0n) is 11.0. The summed E-state index contributed by atoms with van der Waals surface area (Å²) in [5.41, 5.74) is 0.965. The van der Waals surface area contributed by atoms with Crippen LogP contribution < -0.4 is 5.32 Å². The maximum absolute atomic E-state index is 11.9. The van der Waals surface area contributed by atoms with Gasteiger partial charge in [0.05, 0.1) is 17.1 Å². The number of hydrogen-bond donors (Lipinski definition) is 2. The number of likely N-dealkylation sites (tertiary alicyclic amines) is 1. The number of carbonyl (C=O) groups is 1. The number of anilines is 1. The van der Waals surface area contributed by atoms with Crippen LogP contribution in [-0.2, 0) is 4.79 Å².